The molecule has 1 aliphatic rings. The smallest absolute Gasteiger partial charge is 0.223 e. The van der Waals surface area contributed by atoms with Crippen molar-refractivity contribution in [1.29, 1.82) is 0 Å². The Morgan fingerprint density at radius 3 is 2.75 bits per heavy atom. The summed E-state index contributed by atoms with van der Waals surface area (Å²) in [6.45, 7) is 2.83. The standard InChI is InChI=1S/C11H14N2O3/c1-7(14)13-4-2-3-12-8-5-10(15)11(16)6-9(8)13/h5-6,12,15-16H,2-4H2,1H3. The van der Waals surface area contributed by atoms with Crippen LogP contribution >= 0.6 is 0 Å². The van der Waals surface area contributed by atoms with Crippen LogP contribution in [0.2, 0.25) is 0 Å². The van der Waals surface area contributed by atoms with Crippen LogP contribution < -0.4 is 10.2 Å². The molecule has 0 saturated heterocycles. The molecule has 1 aromatic rings. The summed E-state index contributed by atoms with van der Waals surface area (Å²) in [5.41, 5.74) is 1.28. The normalized spacial score (nSPS) is 14.9. The van der Waals surface area contributed by atoms with Gasteiger partial charge >= 0.3 is 0 Å². The van der Waals surface area contributed by atoms with Gasteiger partial charge in [-0.2, -0.15) is 0 Å². The average Bonchev–Trinajstić information content (AvgIpc) is 2.41. The number of phenols is 2. The molecule has 86 valence electrons. The highest BCUT2D eigenvalue weighted by Gasteiger charge is 2.20. The van der Waals surface area contributed by atoms with E-state index in [1.165, 1.54) is 19.1 Å². The maximum atomic E-state index is 11.5. The minimum Gasteiger partial charge on any atom is -0.504 e. The Bertz CT molecular complexity index is 431. The Kier molecular flexibility index (Phi) is 2.60. The monoisotopic (exact) mass is 222 g/mol. The number of hydrogen-bond donors (Lipinski definition) is 3. The number of carbonyl (C=O) groups excluding carboxylic acids is 1. The number of aromatic hydroxyl groups is 2. The van der Waals surface area contributed by atoms with Gasteiger partial charge in [-0.3, -0.25) is 4.79 Å². The third-order valence-corrected chi connectivity index (χ3v) is 2.64. The second kappa shape index (κ2) is 3.92. The Balaban J connectivity index is 2.52. The molecular weight excluding hydrogens is 208 g/mol. The first-order valence-electron chi connectivity index (χ1n) is 5.17. The van der Waals surface area contributed by atoms with E-state index in [1.807, 2.05) is 0 Å². The molecule has 0 aromatic heterocycles. The zero-order valence-electron chi connectivity index (χ0n) is 9.03. The first-order chi connectivity index (χ1) is 7.59. The van der Waals surface area contributed by atoms with Crippen molar-refractivity contribution in [3.63, 3.8) is 0 Å². The summed E-state index contributed by atoms with van der Waals surface area (Å²) >= 11 is 0. The Morgan fingerprint density at radius 2 is 2.06 bits per heavy atom. The lowest BCUT2D eigenvalue weighted by Gasteiger charge is -2.21. The Hall–Kier alpha value is -1.91. The molecule has 16 heavy (non-hydrogen) atoms. The SMILES string of the molecule is CC(=O)N1CCCNc2cc(O)c(O)cc21. The highest BCUT2D eigenvalue weighted by atomic mass is 16.3. The fourth-order valence-corrected chi connectivity index (χ4v) is 1.84. The van der Waals surface area contributed by atoms with Crippen molar-refractivity contribution in [1.82, 2.24) is 0 Å². The minimum atomic E-state index is -0.214. The van der Waals surface area contributed by atoms with Crippen LogP contribution in [0.1, 0.15) is 13.3 Å². The lowest BCUT2D eigenvalue weighted by Crippen LogP contribution is -2.28. The summed E-state index contributed by atoms with van der Waals surface area (Å²) in [4.78, 5) is 13.1. The number of amides is 1. The molecule has 0 saturated carbocycles. The number of nitrogens with zero attached hydrogens (tertiary/aromatic N) is 1. The van der Waals surface area contributed by atoms with E-state index in [0.29, 0.717) is 17.9 Å². The van der Waals surface area contributed by atoms with Gasteiger partial charge in [-0.05, 0) is 6.42 Å². The quantitative estimate of drug-likeness (QED) is 0.456. The molecule has 1 aromatic carbocycles. The molecule has 0 aliphatic carbocycles. The summed E-state index contributed by atoms with van der Waals surface area (Å²) in [5.74, 6) is -0.472. The molecule has 2 rings (SSSR count). The fraction of sp³-hybridized carbons (Fsp3) is 0.364. The highest BCUT2D eigenvalue weighted by molar-refractivity contribution is 5.96. The maximum Gasteiger partial charge on any atom is 0.223 e. The van der Waals surface area contributed by atoms with E-state index >= 15 is 0 Å². The third kappa shape index (κ3) is 1.76. The van der Waals surface area contributed by atoms with Crippen LogP contribution in [0.25, 0.3) is 0 Å². The van der Waals surface area contributed by atoms with E-state index in [0.717, 1.165) is 13.0 Å². The van der Waals surface area contributed by atoms with E-state index in [-0.39, 0.29) is 17.4 Å². The van der Waals surface area contributed by atoms with Gasteiger partial charge in [0.1, 0.15) is 0 Å². The number of benzene rings is 1. The summed E-state index contributed by atoms with van der Waals surface area (Å²) in [6, 6.07) is 2.84. The van der Waals surface area contributed by atoms with Crippen LogP contribution in [0.15, 0.2) is 12.1 Å². The zero-order valence-corrected chi connectivity index (χ0v) is 9.03. The topological polar surface area (TPSA) is 72.8 Å². The molecule has 1 aliphatic heterocycles. The number of rotatable bonds is 0. The lowest BCUT2D eigenvalue weighted by atomic mass is 10.2. The van der Waals surface area contributed by atoms with E-state index in [9.17, 15) is 15.0 Å². The predicted octanol–water partition coefficient (Wildman–Crippen LogP) is 1.27. The fourth-order valence-electron chi connectivity index (χ4n) is 1.84. The Labute approximate surface area is 93.3 Å². The van der Waals surface area contributed by atoms with Gasteiger partial charge in [0, 0.05) is 32.1 Å². The van der Waals surface area contributed by atoms with Crippen LogP contribution in [0, 0.1) is 0 Å². The van der Waals surface area contributed by atoms with Crippen LogP contribution in [0.4, 0.5) is 11.4 Å². The second-order valence-corrected chi connectivity index (χ2v) is 3.81. The molecule has 0 bridgehead atoms. The van der Waals surface area contributed by atoms with E-state index in [4.69, 9.17) is 0 Å². The lowest BCUT2D eigenvalue weighted by molar-refractivity contribution is -0.116. The van der Waals surface area contributed by atoms with Gasteiger partial charge in [0.15, 0.2) is 11.5 Å². The second-order valence-electron chi connectivity index (χ2n) is 3.81. The number of fused-ring (bicyclic) bond motifs is 1. The maximum absolute atomic E-state index is 11.5. The summed E-state index contributed by atoms with van der Waals surface area (Å²) in [7, 11) is 0. The van der Waals surface area contributed by atoms with Gasteiger partial charge in [-0.25, -0.2) is 0 Å². The number of hydrogen-bond acceptors (Lipinski definition) is 4. The molecule has 1 amide bonds. The van der Waals surface area contributed by atoms with Gasteiger partial charge in [0.05, 0.1) is 11.4 Å². The van der Waals surface area contributed by atoms with Crippen molar-refractivity contribution in [3.8, 4) is 11.5 Å². The molecule has 0 unspecified atom stereocenters. The molecule has 5 nitrogen and oxygen atoms in total. The van der Waals surface area contributed by atoms with Crippen molar-refractivity contribution < 1.29 is 15.0 Å². The number of phenolic OH excluding ortho intramolecular Hbond substituents is 2. The van der Waals surface area contributed by atoms with Gasteiger partial charge in [-0.1, -0.05) is 0 Å². The molecule has 3 N–H and O–H groups in total. The van der Waals surface area contributed by atoms with E-state index in [1.54, 1.807) is 4.90 Å². The molecule has 0 spiro atoms. The predicted molar refractivity (Wildman–Crippen MR) is 60.9 cm³/mol. The number of anilines is 2. The number of nitrogens with one attached hydrogen (secondary N) is 1. The van der Waals surface area contributed by atoms with Gasteiger partial charge in [0.25, 0.3) is 0 Å². The summed E-state index contributed by atoms with van der Waals surface area (Å²) < 4.78 is 0. The largest absolute Gasteiger partial charge is 0.504 e. The third-order valence-electron chi connectivity index (χ3n) is 2.64. The van der Waals surface area contributed by atoms with Gasteiger partial charge < -0.3 is 20.4 Å². The van der Waals surface area contributed by atoms with Crippen LogP contribution in [0.5, 0.6) is 11.5 Å². The van der Waals surface area contributed by atoms with E-state index < -0.39 is 0 Å². The molecule has 5 heteroatoms. The van der Waals surface area contributed by atoms with Crippen LogP contribution in [0.3, 0.4) is 0 Å². The van der Waals surface area contributed by atoms with Gasteiger partial charge in [-0.15, -0.1) is 0 Å². The van der Waals surface area contributed by atoms with Crippen molar-refractivity contribution in [2.75, 3.05) is 23.3 Å². The zero-order chi connectivity index (χ0) is 11.7. The molecule has 1 heterocycles. The van der Waals surface area contributed by atoms with Crippen molar-refractivity contribution >= 4 is 17.3 Å². The first kappa shape index (κ1) is 10.6. The molecule has 0 atom stereocenters. The summed E-state index contributed by atoms with van der Waals surface area (Å²) in [5, 5.41) is 22.0. The average molecular weight is 222 g/mol. The number of carbonyl (C=O) groups is 1. The van der Waals surface area contributed by atoms with Crippen molar-refractivity contribution in [2.24, 2.45) is 0 Å². The van der Waals surface area contributed by atoms with Crippen molar-refractivity contribution in [2.45, 2.75) is 13.3 Å². The molecule has 0 fully saturated rings. The molecular formula is C11H14N2O3. The van der Waals surface area contributed by atoms with Gasteiger partial charge in [0.2, 0.25) is 5.91 Å². The van der Waals surface area contributed by atoms with E-state index in [2.05, 4.69) is 5.32 Å². The minimum absolute atomic E-state index is 0.0740. The Morgan fingerprint density at radius 1 is 1.38 bits per heavy atom. The first-order valence-corrected chi connectivity index (χ1v) is 5.17. The highest BCUT2D eigenvalue weighted by Crippen LogP contribution is 2.38. The van der Waals surface area contributed by atoms with Crippen LogP contribution in [-0.2, 0) is 4.79 Å². The van der Waals surface area contributed by atoms with Crippen molar-refractivity contribution in [3.05, 3.63) is 12.1 Å². The molecule has 0 radical (unpaired) electrons. The summed E-state index contributed by atoms with van der Waals surface area (Å²) in [6.07, 6.45) is 0.829. The van der Waals surface area contributed by atoms with Crippen LogP contribution in [-0.4, -0.2) is 29.2 Å².